The van der Waals surface area contributed by atoms with E-state index in [2.05, 4.69) is 11.9 Å². The van der Waals surface area contributed by atoms with E-state index >= 15 is 0 Å². The number of hydrogen-bond donors (Lipinski definition) is 1. The third kappa shape index (κ3) is 4.95. The van der Waals surface area contributed by atoms with Crippen LogP contribution in [-0.2, 0) is 4.79 Å². The Kier molecular flexibility index (Phi) is 5.17. The molecule has 0 fully saturated rings. The monoisotopic (exact) mass is 111 g/mol. The second-order valence-electron chi connectivity index (χ2n) is 1.21. The van der Waals surface area contributed by atoms with Crippen molar-refractivity contribution in [2.75, 3.05) is 0 Å². The van der Waals surface area contributed by atoms with Crippen molar-refractivity contribution in [3.8, 4) is 0 Å². The molecule has 0 aromatic carbocycles. The van der Waals surface area contributed by atoms with E-state index in [0.29, 0.717) is 6.41 Å². The summed E-state index contributed by atoms with van der Waals surface area (Å²) in [6.45, 7) is 3.49. The predicted octanol–water partition coefficient (Wildman–Crippen LogP) is 0.822. The lowest BCUT2D eigenvalue weighted by atomic mass is 10.4. The SMILES string of the molecule is C=CCC=CNC=O. The zero-order valence-corrected chi connectivity index (χ0v) is 4.63. The van der Waals surface area contributed by atoms with Gasteiger partial charge in [-0.2, -0.15) is 0 Å². The van der Waals surface area contributed by atoms with Crippen molar-refractivity contribution >= 4 is 6.41 Å². The van der Waals surface area contributed by atoms with E-state index in [-0.39, 0.29) is 0 Å². The van der Waals surface area contributed by atoms with Crippen LogP contribution in [0.2, 0.25) is 0 Å². The first-order chi connectivity index (χ1) is 3.91. The first kappa shape index (κ1) is 6.95. The zero-order chi connectivity index (χ0) is 6.24. The van der Waals surface area contributed by atoms with Crippen LogP contribution in [0.1, 0.15) is 6.42 Å². The van der Waals surface area contributed by atoms with Crippen molar-refractivity contribution in [1.82, 2.24) is 5.32 Å². The summed E-state index contributed by atoms with van der Waals surface area (Å²) in [5.74, 6) is 0. The normalized spacial score (nSPS) is 9.00. The van der Waals surface area contributed by atoms with Crippen molar-refractivity contribution in [1.29, 1.82) is 0 Å². The Balaban J connectivity index is 3.06. The molecule has 0 saturated carbocycles. The van der Waals surface area contributed by atoms with Crippen molar-refractivity contribution in [3.63, 3.8) is 0 Å². The summed E-state index contributed by atoms with van der Waals surface area (Å²) >= 11 is 0. The van der Waals surface area contributed by atoms with Crippen LogP contribution in [0.4, 0.5) is 0 Å². The van der Waals surface area contributed by atoms with Gasteiger partial charge in [-0.15, -0.1) is 6.58 Å². The fraction of sp³-hybridized carbons (Fsp3) is 0.167. The molecule has 1 N–H and O–H groups in total. The zero-order valence-electron chi connectivity index (χ0n) is 4.63. The van der Waals surface area contributed by atoms with Gasteiger partial charge in [0, 0.05) is 0 Å². The van der Waals surface area contributed by atoms with E-state index in [0.717, 1.165) is 6.42 Å². The van der Waals surface area contributed by atoms with Crippen molar-refractivity contribution < 1.29 is 4.79 Å². The maximum absolute atomic E-state index is 9.58. The van der Waals surface area contributed by atoms with Crippen molar-refractivity contribution in [2.24, 2.45) is 0 Å². The third-order valence-electron chi connectivity index (χ3n) is 0.585. The Bertz CT molecular complexity index is 84.7. The molecule has 0 aliphatic heterocycles. The van der Waals surface area contributed by atoms with E-state index in [1.807, 2.05) is 0 Å². The van der Waals surface area contributed by atoms with Crippen LogP contribution in [0, 0.1) is 0 Å². The Labute approximate surface area is 48.9 Å². The van der Waals surface area contributed by atoms with Gasteiger partial charge >= 0.3 is 0 Å². The van der Waals surface area contributed by atoms with Gasteiger partial charge in [-0.3, -0.25) is 4.79 Å². The van der Waals surface area contributed by atoms with Crippen LogP contribution >= 0.6 is 0 Å². The molecule has 0 aliphatic carbocycles. The fourth-order valence-corrected chi connectivity index (χ4v) is 0.272. The van der Waals surface area contributed by atoms with Gasteiger partial charge in [0.15, 0.2) is 0 Å². The van der Waals surface area contributed by atoms with E-state index in [4.69, 9.17) is 0 Å². The molecular weight excluding hydrogens is 102 g/mol. The van der Waals surface area contributed by atoms with Crippen molar-refractivity contribution in [3.05, 3.63) is 24.9 Å². The van der Waals surface area contributed by atoms with Gasteiger partial charge in [-0.25, -0.2) is 0 Å². The number of carbonyl (C=O) groups excluding carboxylic acids is 1. The molecule has 2 heteroatoms. The summed E-state index contributed by atoms with van der Waals surface area (Å²) in [6.07, 6.45) is 6.56. The van der Waals surface area contributed by atoms with Crippen molar-refractivity contribution in [2.45, 2.75) is 6.42 Å². The van der Waals surface area contributed by atoms with E-state index in [1.54, 1.807) is 18.4 Å². The van der Waals surface area contributed by atoms with E-state index in [1.165, 1.54) is 0 Å². The minimum Gasteiger partial charge on any atom is -0.336 e. The van der Waals surface area contributed by atoms with Gasteiger partial charge in [0.2, 0.25) is 6.41 Å². The van der Waals surface area contributed by atoms with Gasteiger partial charge < -0.3 is 5.32 Å². The molecule has 0 aromatic rings. The number of rotatable bonds is 4. The Morgan fingerprint density at radius 3 is 2.88 bits per heavy atom. The molecule has 0 spiro atoms. The lowest BCUT2D eigenvalue weighted by molar-refractivity contribution is -0.108. The second kappa shape index (κ2) is 5.95. The highest BCUT2D eigenvalue weighted by molar-refractivity contribution is 5.47. The molecule has 0 rings (SSSR count). The Hall–Kier alpha value is -1.05. The molecule has 0 unspecified atom stereocenters. The second-order valence-corrected chi connectivity index (χ2v) is 1.21. The van der Waals surface area contributed by atoms with Gasteiger partial charge in [-0.1, -0.05) is 12.2 Å². The molecule has 1 amide bonds. The molecule has 2 nitrogen and oxygen atoms in total. The van der Waals surface area contributed by atoms with Crippen LogP contribution in [0.5, 0.6) is 0 Å². The lowest BCUT2D eigenvalue weighted by Gasteiger charge is -1.79. The number of nitrogens with one attached hydrogen (secondary N) is 1. The molecule has 0 atom stereocenters. The van der Waals surface area contributed by atoms with Gasteiger partial charge in [0.05, 0.1) is 0 Å². The smallest absolute Gasteiger partial charge is 0.211 e. The largest absolute Gasteiger partial charge is 0.336 e. The lowest BCUT2D eigenvalue weighted by Crippen LogP contribution is -1.97. The number of allylic oxidation sites excluding steroid dienone is 2. The van der Waals surface area contributed by atoms with Gasteiger partial charge in [0.1, 0.15) is 0 Å². The highest BCUT2D eigenvalue weighted by Gasteiger charge is 1.65. The summed E-state index contributed by atoms with van der Waals surface area (Å²) in [5.41, 5.74) is 0. The topological polar surface area (TPSA) is 29.1 Å². The van der Waals surface area contributed by atoms with Crippen LogP contribution in [0.15, 0.2) is 24.9 Å². The number of carbonyl (C=O) groups is 1. The summed E-state index contributed by atoms with van der Waals surface area (Å²) < 4.78 is 0. The van der Waals surface area contributed by atoms with Crippen LogP contribution < -0.4 is 5.32 Å². The summed E-state index contributed by atoms with van der Waals surface area (Å²) in [5, 5.41) is 2.37. The first-order valence-corrected chi connectivity index (χ1v) is 2.37. The molecule has 8 heavy (non-hydrogen) atoms. The summed E-state index contributed by atoms with van der Waals surface area (Å²) in [4.78, 5) is 9.58. The highest BCUT2D eigenvalue weighted by Crippen LogP contribution is 1.77. The fourth-order valence-electron chi connectivity index (χ4n) is 0.272. The molecule has 0 aromatic heterocycles. The molecule has 0 bridgehead atoms. The quantitative estimate of drug-likeness (QED) is 0.422. The van der Waals surface area contributed by atoms with Gasteiger partial charge in [-0.05, 0) is 12.6 Å². The van der Waals surface area contributed by atoms with Gasteiger partial charge in [0.25, 0.3) is 0 Å². The minimum absolute atomic E-state index is 0.625. The molecular formula is C6H9NO. The van der Waals surface area contributed by atoms with E-state index < -0.39 is 0 Å². The van der Waals surface area contributed by atoms with E-state index in [9.17, 15) is 4.79 Å². The van der Waals surface area contributed by atoms with Crippen LogP contribution in [-0.4, -0.2) is 6.41 Å². The Morgan fingerprint density at radius 2 is 2.38 bits per heavy atom. The summed E-state index contributed by atoms with van der Waals surface area (Å²) in [6, 6.07) is 0. The molecule has 0 aliphatic rings. The highest BCUT2D eigenvalue weighted by atomic mass is 16.1. The molecule has 0 heterocycles. The molecule has 0 radical (unpaired) electrons. The Morgan fingerprint density at radius 1 is 1.62 bits per heavy atom. The maximum atomic E-state index is 9.58. The van der Waals surface area contributed by atoms with Crippen LogP contribution in [0.25, 0.3) is 0 Å². The average Bonchev–Trinajstić information content (AvgIpc) is 1.81. The minimum atomic E-state index is 0.625. The molecule has 0 saturated heterocycles. The molecule has 44 valence electrons. The number of hydrogen-bond acceptors (Lipinski definition) is 1. The maximum Gasteiger partial charge on any atom is 0.211 e. The van der Waals surface area contributed by atoms with Crippen LogP contribution in [0.3, 0.4) is 0 Å². The number of amides is 1. The summed E-state index contributed by atoms with van der Waals surface area (Å²) in [7, 11) is 0. The first-order valence-electron chi connectivity index (χ1n) is 2.37. The standard InChI is InChI=1S/C6H9NO/c1-2-3-4-5-7-6-8/h2,4-6H,1,3H2,(H,7,8). The third-order valence-corrected chi connectivity index (χ3v) is 0.585. The predicted molar refractivity (Wildman–Crippen MR) is 33.2 cm³/mol. The average molecular weight is 111 g/mol.